The molecule has 4 rings (SSSR count). The van der Waals surface area contributed by atoms with Gasteiger partial charge in [-0.1, -0.05) is 60.7 Å². The van der Waals surface area contributed by atoms with Crippen molar-refractivity contribution >= 4 is 29.3 Å². The maximum absolute atomic E-state index is 13.1. The molecule has 8 heteroatoms. The number of carboxylic acids is 1. The van der Waals surface area contributed by atoms with E-state index in [1.165, 1.54) is 4.90 Å². The van der Waals surface area contributed by atoms with Crippen molar-refractivity contribution in [1.29, 1.82) is 0 Å². The van der Waals surface area contributed by atoms with Gasteiger partial charge in [0.05, 0.1) is 0 Å². The summed E-state index contributed by atoms with van der Waals surface area (Å²) in [7, 11) is 3.62. The van der Waals surface area contributed by atoms with Crippen LogP contribution in [0.25, 0.3) is 0 Å². The van der Waals surface area contributed by atoms with E-state index < -0.39 is 29.9 Å². The Balaban J connectivity index is 2.10. The van der Waals surface area contributed by atoms with Crippen molar-refractivity contribution in [2.45, 2.75) is 11.3 Å². The highest BCUT2D eigenvalue weighted by Crippen LogP contribution is 2.56. The summed E-state index contributed by atoms with van der Waals surface area (Å²) in [6, 6.07) is 18.5. The van der Waals surface area contributed by atoms with E-state index in [-0.39, 0.29) is 0 Å². The topological polar surface area (TPSA) is 76.1 Å². The maximum Gasteiger partial charge on any atom is 0.323 e. The predicted octanol–water partition coefficient (Wildman–Crippen LogP) is 1.96. The van der Waals surface area contributed by atoms with Crippen LogP contribution in [0.3, 0.4) is 0 Å². The number of carbonyl (C=O) groups excluding carboxylic acids is 1. The predicted molar refractivity (Wildman–Crippen MR) is 107 cm³/mol. The van der Waals surface area contributed by atoms with Gasteiger partial charge in [0, 0.05) is 25.2 Å². The normalized spacial score (nSPS) is 26.4. The molecule has 144 valence electrons. The fourth-order valence-corrected chi connectivity index (χ4v) is 4.87. The highest BCUT2D eigenvalue weighted by Gasteiger charge is 2.74. The van der Waals surface area contributed by atoms with E-state index in [1.807, 2.05) is 77.5 Å². The Morgan fingerprint density at radius 1 is 1.00 bits per heavy atom. The Hall–Kier alpha value is -3.13. The fraction of sp³-hybridized carbons (Fsp3) is 0.250. The van der Waals surface area contributed by atoms with E-state index in [1.54, 1.807) is 7.05 Å². The van der Waals surface area contributed by atoms with Crippen LogP contribution in [-0.4, -0.2) is 57.6 Å². The van der Waals surface area contributed by atoms with Crippen LogP contribution in [-0.2, 0) is 16.1 Å². The zero-order valence-electron chi connectivity index (χ0n) is 15.5. The van der Waals surface area contributed by atoms with Gasteiger partial charge in [-0.15, -0.1) is 0 Å². The summed E-state index contributed by atoms with van der Waals surface area (Å²) in [5.41, 5.74) is -0.674. The number of likely N-dealkylation sites (N-methyl/N-ethyl adjacent to an activating group) is 2. The van der Waals surface area contributed by atoms with Gasteiger partial charge in [0.1, 0.15) is 6.54 Å². The van der Waals surface area contributed by atoms with Crippen LogP contribution in [0, 0.1) is 0 Å². The molecule has 0 radical (unpaired) electrons. The van der Waals surface area contributed by atoms with Crippen molar-refractivity contribution < 1.29 is 14.7 Å². The van der Waals surface area contributed by atoms with Crippen LogP contribution in [0.15, 0.2) is 60.7 Å². The van der Waals surface area contributed by atoms with E-state index >= 15 is 0 Å². The van der Waals surface area contributed by atoms with Crippen LogP contribution in [0.4, 0.5) is 4.79 Å². The zero-order chi connectivity index (χ0) is 20.1. The first-order chi connectivity index (χ1) is 13.4. The molecular weight excluding hydrogens is 376 g/mol. The second-order valence-electron chi connectivity index (χ2n) is 6.93. The summed E-state index contributed by atoms with van der Waals surface area (Å²) in [4.78, 5) is 29.8. The molecule has 2 fully saturated rings. The number of nitrogens with one attached hydrogen (secondary N) is 1. The highest BCUT2D eigenvalue weighted by molar-refractivity contribution is 7.80. The van der Waals surface area contributed by atoms with Gasteiger partial charge in [-0.2, -0.15) is 0 Å². The molecule has 2 N–H and O–H groups in total. The molecule has 2 aliphatic rings. The monoisotopic (exact) mass is 396 g/mol. The van der Waals surface area contributed by atoms with E-state index in [0.717, 1.165) is 11.1 Å². The molecule has 0 bridgehead atoms. The second-order valence-corrected chi connectivity index (χ2v) is 7.29. The van der Waals surface area contributed by atoms with Gasteiger partial charge in [0.2, 0.25) is 0 Å². The Bertz CT molecular complexity index is 954. The minimum atomic E-state index is -1.17. The Morgan fingerprint density at radius 2 is 1.54 bits per heavy atom. The molecule has 2 unspecified atom stereocenters. The molecule has 0 aromatic heterocycles. The minimum absolute atomic E-state index is 0.462. The molecule has 2 aromatic carbocycles. The van der Waals surface area contributed by atoms with Crippen molar-refractivity contribution in [2.24, 2.45) is 0 Å². The number of hydrogen-bond donors (Lipinski definition) is 2. The SMILES string of the molecule is CN1C(=S)N(C)C2(c3ccccc3)N(CC(=O)O)C(=O)NC12c1ccccc1. The molecule has 0 saturated carbocycles. The average Bonchev–Trinajstić information content (AvgIpc) is 3.05. The highest BCUT2D eigenvalue weighted by atomic mass is 32.1. The largest absolute Gasteiger partial charge is 0.480 e. The number of urea groups is 1. The summed E-state index contributed by atoms with van der Waals surface area (Å²) in [6.45, 7) is -0.462. The van der Waals surface area contributed by atoms with Crippen LogP contribution in [0.5, 0.6) is 0 Å². The number of thiocarbonyl (C=S) groups is 1. The van der Waals surface area contributed by atoms with Crippen molar-refractivity contribution in [3.8, 4) is 0 Å². The van der Waals surface area contributed by atoms with Gasteiger partial charge >= 0.3 is 12.0 Å². The van der Waals surface area contributed by atoms with Crippen LogP contribution >= 0.6 is 12.2 Å². The molecule has 2 amide bonds. The number of nitrogens with zero attached hydrogens (tertiary/aromatic N) is 3. The number of carbonyl (C=O) groups is 2. The van der Waals surface area contributed by atoms with Crippen LogP contribution < -0.4 is 5.32 Å². The standard InChI is InChI=1S/C20H20N4O3S/c1-22-18(28)23(2)20(15-11-7-4-8-12-15)19(22,14-9-5-3-6-10-14)21-17(27)24(20)13-16(25)26/h3-12H,13H2,1-2H3,(H,21,27)(H,25,26). The lowest BCUT2D eigenvalue weighted by Gasteiger charge is -2.47. The first kappa shape index (κ1) is 18.2. The average molecular weight is 396 g/mol. The molecule has 7 nitrogen and oxygen atoms in total. The summed E-state index contributed by atoms with van der Waals surface area (Å²) in [5, 5.41) is 13.1. The molecular formula is C20H20N4O3S. The van der Waals surface area contributed by atoms with E-state index in [2.05, 4.69) is 5.32 Å². The molecule has 28 heavy (non-hydrogen) atoms. The summed E-state index contributed by atoms with van der Waals surface area (Å²) in [6.07, 6.45) is 0. The van der Waals surface area contributed by atoms with Crippen molar-refractivity contribution in [2.75, 3.05) is 20.6 Å². The van der Waals surface area contributed by atoms with Crippen LogP contribution in [0.1, 0.15) is 11.1 Å². The molecule has 0 spiro atoms. The molecule has 2 atom stereocenters. The third kappa shape index (κ3) is 2.06. The summed E-state index contributed by atoms with van der Waals surface area (Å²) >= 11 is 5.69. The number of amides is 2. The second kappa shape index (κ2) is 6.20. The fourth-order valence-electron chi connectivity index (χ4n) is 4.60. The van der Waals surface area contributed by atoms with E-state index in [9.17, 15) is 14.7 Å². The molecule has 2 heterocycles. The lowest BCUT2D eigenvalue weighted by molar-refractivity contribution is -0.140. The number of rotatable bonds is 4. The zero-order valence-corrected chi connectivity index (χ0v) is 16.3. The molecule has 2 aliphatic heterocycles. The van der Waals surface area contributed by atoms with Crippen molar-refractivity contribution in [3.63, 3.8) is 0 Å². The summed E-state index contributed by atoms with van der Waals surface area (Å²) < 4.78 is 0. The van der Waals surface area contributed by atoms with E-state index in [0.29, 0.717) is 5.11 Å². The van der Waals surface area contributed by atoms with Gasteiger partial charge in [0.25, 0.3) is 0 Å². The molecule has 0 aliphatic carbocycles. The number of aliphatic carboxylic acids is 1. The molecule has 2 saturated heterocycles. The molecule has 2 aromatic rings. The van der Waals surface area contributed by atoms with Gasteiger partial charge in [0.15, 0.2) is 16.4 Å². The first-order valence-corrected chi connectivity index (χ1v) is 9.22. The Kier molecular flexibility index (Phi) is 4.04. The van der Waals surface area contributed by atoms with Gasteiger partial charge < -0.3 is 20.2 Å². The Labute approximate surface area is 168 Å². The number of hydrogen-bond acceptors (Lipinski definition) is 3. The smallest absolute Gasteiger partial charge is 0.323 e. The van der Waals surface area contributed by atoms with E-state index in [4.69, 9.17) is 12.2 Å². The third-order valence-corrected chi connectivity index (χ3v) is 6.20. The van der Waals surface area contributed by atoms with Gasteiger partial charge in [-0.25, -0.2) is 4.79 Å². The van der Waals surface area contributed by atoms with Crippen molar-refractivity contribution in [1.82, 2.24) is 20.0 Å². The maximum atomic E-state index is 13.1. The minimum Gasteiger partial charge on any atom is -0.480 e. The number of fused-ring (bicyclic) bond motifs is 1. The van der Waals surface area contributed by atoms with Crippen molar-refractivity contribution in [3.05, 3.63) is 71.8 Å². The van der Waals surface area contributed by atoms with Crippen LogP contribution in [0.2, 0.25) is 0 Å². The van der Waals surface area contributed by atoms with Gasteiger partial charge in [-0.3, -0.25) is 9.69 Å². The lowest BCUT2D eigenvalue weighted by Crippen LogP contribution is -2.62. The number of benzene rings is 2. The quantitative estimate of drug-likeness (QED) is 0.770. The van der Waals surface area contributed by atoms with Gasteiger partial charge in [-0.05, 0) is 12.2 Å². The first-order valence-electron chi connectivity index (χ1n) is 8.81. The summed E-state index contributed by atoms with van der Waals surface area (Å²) in [5.74, 6) is -1.09. The lowest BCUT2D eigenvalue weighted by atomic mass is 9.80. The number of carboxylic acid groups (broad SMARTS) is 1. The Morgan fingerprint density at radius 3 is 2.07 bits per heavy atom. The third-order valence-electron chi connectivity index (χ3n) is 5.65.